The van der Waals surface area contributed by atoms with Crippen molar-refractivity contribution in [1.82, 2.24) is 9.80 Å². The molecule has 5 nitrogen and oxygen atoms in total. The fraction of sp³-hybridized carbons (Fsp3) is 0.476. The monoisotopic (exact) mass is 409 g/mol. The van der Waals surface area contributed by atoms with Gasteiger partial charge in [-0.15, -0.1) is 0 Å². The molecule has 0 radical (unpaired) electrons. The van der Waals surface area contributed by atoms with Gasteiger partial charge in [0.25, 0.3) is 0 Å². The lowest BCUT2D eigenvalue weighted by Crippen LogP contribution is -2.35. The Morgan fingerprint density at radius 3 is 2.54 bits per heavy atom. The molecule has 0 saturated carbocycles. The van der Waals surface area contributed by atoms with E-state index in [-0.39, 0.29) is 12.5 Å². The van der Waals surface area contributed by atoms with Crippen molar-refractivity contribution in [3.63, 3.8) is 0 Å². The van der Waals surface area contributed by atoms with Gasteiger partial charge in [0.15, 0.2) is 0 Å². The molecule has 7 heteroatoms. The average molecular weight is 410 g/mol. The third-order valence-corrected chi connectivity index (χ3v) is 5.70. The molecular weight excluding hydrogens is 377 g/mol. The van der Waals surface area contributed by atoms with Crippen molar-refractivity contribution in [1.29, 1.82) is 0 Å². The summed E-state index contributed by atoms with van der Waals surface area (Å²) in [5, 5.41) is 9.52. The van der Waals surface area contributed by atoms with Crippen LogP contribution in [0, 0.1) is 0 Å². The summed E-state index contributed by atoms with van der Waals surface area (Å²) in [6, 6.07) is 6.89. The van der Waals surface area contributed by atoms with Gasteiger partial charge in [-0.2, -0.15) is 4.39 Å². The fourth-order valence-electron chi connectivity index (χ4n) is 2.75. The third kappa shape index (κ3) is 6.56. The molecule has 0 spiro atoms. The minimum atomic E-state index is -0.655. The van der Waals surface area contributed by atoms with E-state index in [2.05, 4.69) is 37.3 Å². The highest BCUT2D eigenvalue weighted by atomic mass is 32.3. The number of nitrogens with zero attached hydrogens (tertiary/aromatic N) is 3. The van der Waals surface area contributed by atoms with Crippen molar-refractivity contribution >= 4 is 16.4 Å². The van der Waals surface area contributed by atoms with E-state index in [0.29, 0.717) is 24.5 Å². The number of aliphatic imine (C=N–C) groups is 1. The highest BCUT2D eigenvalue weighted by molar-refractivity contribution is 8.32. The Balaban J connectivity index is 2.19. The maximum Gasteiger partial charge on any atom is 0.240 e. The van der Waals surface area contributed by atoms with Crippen LogP contribution in [-0.4, -0.2) is 65.6 Å². The first-order valence-corrected chi connectivity index (χ1v) is 12.4. The summed E-state index contributed by atoms with van der Waals surface area (Å²) in [5.74, 6) is 0.634. The SMILES string of the molecule is C=C1C(N(COCCS(C)(C)C)Cc2ccc(O)cc2)=C(F)N=CN1CCC. The highest BCUT2D eigenvalue weighted by Crippen LogP contribution is 2.34. The van der Waals surface area contributed by atoms with Crippen molar-refractivity contribution in [2.24, 2.45) is 4.99 Å². The predicted octanol–water partition coefficient (Wildman–Crippen LogP) is 4.27. The number of ether oxygens (including phenoxy) is 1. The first-order chi connectivity index (χ1) is 13.2. The molecule has 1 aromatic carbocycles. The van der Waals surface area contributed by atoms with Gasteiger partial charge in [0.05, 0.1) is 18.6 Å². The number of hydrogen-bond acceptors (Lipinski definition) is 5. The molecule has 0 bridgehead atoms. The van der Waals surface area contributed by atoms with Crippen molar-refractivity contribution in [2.45, 2.75) is 19.9 Å². The van der Waals surface area contributed by atoms with Gasteiger partial charge in [-0.25, -0.2) is 15.0 Å². The van der Waals surface area contributed by atoms with E-state index in [1.165, 1.54) is 6.34 Å². The number of hydrogen-bond donors (Lipinski definition) is 1. The van der Waals surface area contributed by atoms with Crippen molar-refractivity contribution in [3.05, 3.63) is 53.8 Å². The van der Waals surface area contributed by atoms with E-state index in [1.807, 2.05) is 21.9 Å². The van der Waals surface area contributed by atoms with Crippen LogP contribution >= 0.6 is 10.0 Å². The Kier molecular flexibility index (Phi) is 7.95. The molecule has 0 atom stereocenters. The summed E-state index contributed by atoms with van der Waals surface area (Å²) in [4.78, 5) is 7.61. The second-order valence-corrected chi connectivity index (χ2v) is 12.3. The Labute approximate surface area is 169 Å². The smallest absolute Gasteiger partial charge is 0.240 e. The summed E-state index contributed by atoms with van der Waals surface area (Å²) in [7, 11) is -0.655. The molecule has 156 valence electrons. The van der Waals surface area contributed by atoms with Gasteiger partial charge in [-0.3, -0.25) is 0 Å². The van der Waals surface area contributed by atoms with Crippen LogP contribution in [0.4, 0.5) is 4.39 Å². The molecular formula is C21H32FN3O2S. The zero-order valence-electron chi connectivity index (χ0n) is 17.3. The molecule has 0 saturated heterocycles. The molecule has 1 aliphatic heterocycles. The van der Waals surface area contributed by atoms with Gasteiger partial charge in [0.1, 0.15) is 18.2 Å². The second kappa shape index (κ2) is 9.98. The van der Waals surface area contributed by atoms with Crippen molar-refractivity contribution < 1.29 is 14.2 Å². The van der Waals surface area contributed by atoms with Crippen molar-refractivity contribution in [3.8, 4) is 5.75 Å². The predicted molar refractivity (Wildman–Crippen MR) is 117 cm³/mol. The molecule has 0 fully saturated rings. The van der Waals surface area contributed by atoms with Gasteiger partial charge in [0.2, 0.25) is 5.95 Å². The summed E-state index contributed by atoms with van der Waals surface area (Å²) >= 11 is 0. The number of benzene rings is 1. The standard InChI is InChI=1S/C21H32FN3O2S/c1-6-11-24-15-23-21(22)20(17(24)2)25(16-27-12-13-28(3,4)5)14-18-7-9-19(26)10-8-18/h7-10,15,26H,2,6,11-14,16H2,1,3-5H3. The van der Waals surface area contributed by atoms with Crippen LogP contribution in [0.3, 0.4) is 0 Å². The van der Waals surface area contributed by atoms with Crippen molar-refractivity contribution in [2.75, 3.05) is 44.4 Å². The minimum absolute atomic E-state index is 0.200. The number of phenolic OH excluding ortho intramolecular Hbond substituents is 1. The molecule has 1 N–H and O–H groups in total. The van der Waals surface area contributed by atoms with E-state index in [4.69, 9.17) is 4.74 Å². The number of phenols is 1. The minimum Gasteiger partial charge on any atom is -0.508 e. The maximum absolute atomic E-state index is 14.7. The van der Waals surface area contributed by atoms with Gasteiger partial charge in [-0.05, 0) is 42.9 Å². The van der Waals surface area contributed by atoms with Gasteiger partial charge < -0.3 is 19.6 Å². The first-order valence-electron chi connectivity index (χ1n) is 9.37. The van der Waals surface area contributed by atoms with Gasteiger partial charge in [0, 0.05) is 18.8 Å². The van der Waals surface area contributed by atoms with E-state index in [0.717, 1.165) is 24.3 Å². The van der Waals surface area contributed by atoms with Crippen LogP contribution in [0.2, 0.25) is 0 Å². The average Bonchev–Trinajstić information content (AvgIpc) is 2.62. The molecule has 0 unspecified atom stereocenters. The molecule has 0 aliphatic carbocycles. The zero-order valence-corrected chi connectivity index (χ0v) is 18.1. The van der Waals surface area contributed by atoms with Crippen LogP contribution in [0.15, 0.2) is 53.2 Å². The number of aromatic hydroxyl groups is 1. The van der Waals surface area contributed by atoms with Crippen LogP contribution in [0.1, 0.15) is 18.9 Å². The number of halogens is 1. The second-order valence-electron chi connectivity index (χ2n) is 7.72. The summed E-state index contributed by atoms with van der Waals surface area (Å²) in [6.07, 6.45) is 9.13. The normalized spacial score (nSPS) is 15.3. The zero-order chi connectivity index (χ0) is 20.7. The molecule has 1 aliphatic rings. The molecule has 1 heterocycles. The molecule has 28 heavy (non-hydrogen) atoms. The van der Waals surface area contributed by atoms with Gasteiger partial charge >= 0.3 is 0 Å². The Bertz CT molecular complexity index is 726. The van der Waals surface area contributed by atoms with Crippen LogP contribution in [0.25, 0.3) is 0 Å². The van der Waals surface area contributed by atoms with E-state index in [9.17, 15) is 9.50 Å². The molecule has 0 amide bonds. The quantitative estimate of drug-likeness (QED) is 0.356. The fourth-order valence-corrected chi connectivity index (χ4v) is 3.37. The van der Waals surface area contributed by atoms with E-state index < -0.39 is 16.0 Å². The summed E-state index contributed by atoms with van der Waals surface area (Å²) in [6.45, 7) is 8.17. The maximum atomic E-state index is 14.7. The highest BCUT2D eigenvalue weighted by Gasteiger charge is 2.25. The lowest BCUT2D eigenvalue weighted by atomic mass is 10.1. The lowest BCUT2D eigenvalue weighted by molar-refractivity contribution is 0.0503. The largest absolute Gasteiger partial charge is 0.508 e. The Morgan fingerprint density at radius 1 is 1.25 bits per heavy atom. The molecule has 1 aromatic rings. The number of rotatable bonds is 10. The third-order valence-electron chi connectivity index (χ3n) is 4.30. The van der Waals surface area contributed by atoms with Crippen LogP contribution in [-0.2, 0) is 11.3 Å². The topological polar surface area (TPSA) is 48.3 Å². The van der Waals surface area contributed by atoms with Crippen LogP contribution in [0.5, 0.6) is 5.75 Å². The summed E-state index contributed by atoms with van der Waals surface area (Å²) < 4.78 is 20.6. The van der Waals surface area contributed by atoms with Gasteiger partial charge in [-0.1, -0.05) is 25.6 Å². The van der Waals surface area contributed by atoms with E-state index in [1.54, 1.807) is 12.1 Å². The molecule has 2 rings (SSSR count). The van der Waals surface area contributed by atoms with E-state index >= 15 is 0 Å². The first kappa shape index (κ1) is 22.3. The Morgan fingerprint density at radius 2 is 1.93 bits per heavy atom. The summed E-state index contributed by atoms with van der Waals surface area (Å²) in [5.41, 5.74) is 1.87. The molecule has 0 aromatic heterocycles. The Hall–Kier alpha value is -1.99. The van der Waals surface area contributed by atoms with Crippen LogP contribution < -0.4 is 0 Å². The lowest BCUT2D eigenvalue weighted by Gasteiger charge is -2.34.